The molecule has 0 aliphatic heterocycles. The maximum atomic E-state index is 4.50. The van der Waals surface area contributed by atoms with Gasteiger partial charge in [0.25, 0.3) is 0 Å². The van der Waals surface area contributed by atoms with E-state index in [2.05, 4.69) is 40.8 Å². The van der Waals surface area contributed by atoms with Gasteiger partial charge in [-0.25, -0.2) is 4.99 Å². The molecule has 1 aromatic rings. The second-order valence-electron chi connectivity index (χ2n) is 6.25. The van der Waals surface area contributed by atoms with Gasteiger partial charge in [-0.2, -0.15) is 4.99 Å². The van der Waals surface area contributed by atoms with Crippen molar-refractivity contribution < 1.29 is 0 Å². The van der Waals surface area contributed by atoms with E-state index in [4.69, 9.17) is 0 Å². The van der Waals surface area contributed by atoms with E-state index in [1.165, 1.54) is 56.9 Å². The zero-order valence-electron chi connectivity index (χ0n) is 14.4. The summed E-state index contributed by atoms with van der Waals surface area (Å²) in [7, 11) is 0. The van der Waals surface area contributed by atoms with Crippen molar-refractivity contribution >= 4 is 11.7 Å². The Hall–Kier alpha value is -1.84. The molecule has 0 heterocycles. The standard InChI is InChI=1S/C21H28N2/c1-2-3-4-5-6-8-13-19-14-11-12-17-21(19)23-18-22-20-15-9-7-10-16-20/h11-12,14,17,20H,2-5,7,9-10,13,15-16H2,1H3. The number of hydrogen-bond acceptors (Lipinski definition) is 2. The fourth-order valence-corrected chi connectivity index (χ4v) is 2.85. The smallest absolute Gasteiger partial charge is 0.0951 e. The van der Waals surface area contributed by atoms with E-state index in [0.717, 1.165) is 18.5 Å². The number of para-hydroxylation sites is 1. The minimum atomic E-state index is 0.429. The fraction of sp³-hybridized carbons (Fsp3) is 0.571. The van der Waals surface area contributed by atoms with Gasteiger partial charge in [-0.3, -0.25) is 0 Å². The lowest BCUT2D eigenvalue weighted by Gasteiger charge is -2.15. The third-order valence-electron chi connectivity index (χ3n) is 4.29. The lowest BCUT2D eigenvalue weighted by atomic mass is 9.96. The molecule has 2 heteroatoms. The molecule has 23 heavy (non-hydrogen) atoms. The summed E-state index contributed by atoms with van der Waals surface area (Å²) >= 11 is 0. The molecule has 1 aliphatic carbocycles. The maximum absolute atomic E-state index is 4.50. The first-order valence-electron chi connectivity index (χ1n) is 9.09. The molecule has 0 atom stereocenters. The Morgan fingerprint density at radius 2 is 1.87 bits per heavy atom. The third-order valence-corrected chi connectivity index (χ3v) is 4.29. The second kappa shape index (κ2) is 10.8. The summed E-state index contributed by atoms with van der Waals surface area (Å²) in [5.74, 6) is 6.54. The van der Waals surface area contributed by atoms with Gasteiger partial charge in [0, 0.05) is 12.8 Å². The van der Waals surface area contributed by atoms with E-state index in [-0.39, 0.29) is 0 Å². The van der Waals surface area contributed by atoms with Gasteiger partial charge in [0.15, 0.2) is 0 Å². The van der Waals surface area contributed by atoms with Crippen LogP contribution in [0.15, 0.2) is 34.3 Å². The molecule has 0 aromatic heterocycles. The van der Waals surface area contributed by atoms with Gasteiger partial charge in [-0.05, 0) is 30.9 Å². The molecular weight excluding hydrogens is 280 g/mol. The Morgan fingerprint density at radius 3 is 2.70 bits per heavy atom. The van der Waals surface area contributed by atoms with Gasteiger partial charge >= 0.3 is 0 Å². The van der Waals surface area contributed by atoms with Crippen LogP contribution in [0.2, 0.25) is 0 Å². The number of nitrogens with zero attached hydrogens (tertiary/aromatic N) is 2. The summed E-state index contributed by atoms with van der Waals surface area (Å²) in [4.78, 5) is 8.94. The summed E-state index contributed by atoms with van der Waals surface area (Å²) in [6, 6.07) is 11.5. The summed E-state index contributed by atoms with van der Waals surface area (Å²) in [5, 5.41) is 0. The molecule has 1 saturated carbocycles. The molecule has 1 aliphatic rings. The van der Waals surface area contributed by atoms with Gasteiger partial charge < -0.3 is 0 Å². The monoisotopic (exact) mass is 308 g/mol. The quantitative estimate of drug-likeness (QED) is 0.352. The predicted molar refractivity (Wildman–Crippen MR) is 98.5 cm³/mol. The molecule has 0 spiro atoms. The normalized spacial score (nSPS) is 14.5. The SMILES string of the molecule is CCCCCC#CCc1ccccc1N=C=NC1CCCCC1. The van der Waals surface area contributed by atoms with E-state index < -0.39 is 0 Å². The highest BCUT2D eigenvalue weighted by atomic mass is 14.8. The highest BCUT2D eigenvalue weighted by Gasteiger charge is 2.10. The second-order valence-corrected chi connectivity index (χ2v) is 6.25. The summed E-state index contributed by atoms with van der Waals surface area (Å²) in [6.07, 6.45) is 11.8. The van der Waals surface area contributed by atoms with Crippen molar-refractivity contribution in [2.45, 2.75) is 77.2 Å². The molecule has 1 aromatic carbocycles. The Kier molecular flexibility index (Phi) is 8.23. The highest BCUT2D eigenvalue weighted by molar-refractivity contribution is 5.56. The van der Waals surface area contributed by atoms with Crippen LogP contribution in [-0.2, 0) is 6.42 Å². The van der Waals surface area contributed by atoms with Crippen LogP contribution in [0, 0.1) is 11.8 Å². The maximum Gasteiger partial charge on any atom is 0.0951 e. The van der Waals surface area contributed by atoms with Crippen LogP contribution in [0.3, 0.4) is 0 Å². The van der Waals surface area contributed by atoms with Crippen LogP contribution in [0.5, 0.6) is 0 Å². The van der Waals surface area contributed by atoms with E-state index in [1.54, 1.807) is 0 Å². The average Bonchev–Trinajstić information content (AvgIpc) is 2.60. The Bertz CT molecular complexity index is 579. The molecule has 0 radical (unpaired) electrons. The Labute approximate surface area is 141 Å². The van der Waals surface area contributed by atoms with Gasteiger partial charge in [0.1, 0.15) is 0 Å². The molecule has 0 N–H and O–H groups in total. The van der Waals surface area contributed by atoms with Crippen LogP contribution < -0.4 is 0 Å². The molecular formula is C21H28N2. The van der Waals surface area contributed by atoms with Crippen LogP contribution in [0.1, 0.15) is 70.3 Å². The van der Waals surface area contributed by atoms with Crippen molar-refractivity contribution in [1.29, 1.82) is 0 Å². The van der Waals surface area contributed by atoms with Gasteiger partial charge in [-0.1, -0.05) is 63.1 Å². The van der Waals surface area contributed by atoms with Crippen molar-refractivity contribution in [3.05, 3.63) is 29.8 Å². The Morgan fingerprint density at radius 1 is 1.04 bits per heavy atom. The molecule has 122 valence electrons. The lowest BCUT2D eigenvalue weighted by Crippen LogP contribution is -2.08. The zero-order valence-corrected chi connectivity index (χ0v) is 14.4. The van der Waals surface area contributed by atoms with Crippen molar-refractivity contribution in [2.24, 2.45) is 9.98 Å². The van der Waals surface area contributed by atoms with Crippen molar-refractivity contribution in [3.63, 3.8) is 0 Å². The number of rotatable bonds is 6. The molecule has 2 nitrogen and oxygen atoms in total. The minimum absolute atomic E-state index is 0.429. The summed E-state index contributed by atoms with van der Waals surface area (Å²) in [6.45, 7) is 2.22. The first-order chi connectivity index (χ1) is 11.4. The average molecular weight is 308 g/mol. The number of unbranched alkanes of at least 4 members (excludes halogenated alkanes) is 3. The van der Waals surface area contributed by atoms with E-state index in [0.29, 0.717) is 6.04 Å². The van der Waals surface area contributed by atoms with Crippen molar-refractivity contribution in [3.8, 4) is 11.8 Å². The van der Waals surface area contributed by atoms with Crippen LogP contribution in [0.4, 0.5) is 5.69 Å². The van der Waals surface area contributed by atoms with Gasteiger partial charge in [-0.15, -0.1) is 5.92 Å². The molecule has 0 unspecified atom stereocenters. The van der Waals surface area contributed by atoms with Crippen LogP contribution in [-0.4, -0.2) is 12.1 Å². The van der Waals surface area contributed by atoms with Crippen LogP contribution in [0.25, 0.3) is 0 Å². The summed E-state index contributed by atoms with van der Waals surface area (Å²) < 4.78 is 0. The van der Waals surface area contributed by atoms with Crippen LogP contribution >= 0.6 is 0 Å². The van der Waals surface area contributed by atoms with Gasteiger partial charge in [0.2, 0.25) is 0 Å². The van der Waals surface area contributed by atoms with Gasteiger partial charge in [0.05, 0.1) is 17.7 Å². The number of benzene rings is 1. The Balaban J connectivity index is 1.92. The largest absolute Gasteiger partial charge is 0.222 e. The first-order valence-corrected chi connectivity index (χ1v) is 9.09. The molecule has 0 bridgehead atoms. The zero-order chi connectivity index (χ0) is 16.2. The highest BCUT2D eigenvalue weighted by Crippen LogP contribution is 2.21. The number of hydrogen-bond donors (Lipinski definition) is 0. The minimum Gasteiger partial charge on any atom is -0.222 e. The first kappa shape index (κ1) is 17.5. The van der Waals surface area contributed by atoms with E-state index in [1.807, 2.05) is 18.2 Å². The van der Waals surface area contributed by atoms with E-state index in [9.17, 15) is 0 Å². The van der Waals surface area contributed by atoms with Crippen molar-refractivity contribution in [2.75, 3.05) is 0 Å². The molecule has 0 saturated heterocycles. The van der Waals surface area contributed by atoms with Crippen molar-refractivity contribution in [1.82, 2.24) is 0 Å². The summed E-state index contributed by atoms with van der Waals surface area (Å²) in [5.41, 5.74) is 2.12. The van der Waals surface area contributed by atoms with E-state index >= 15 is 0 Å². The third kappa shape index (κ3) is 6.85. The number of aliphatic imine (C=N–C) groups is 2. The predicted octanol–water partition coefficient (Wildman–Crippen LogP) is 5.95. The molecule has 0 amide bonds. The fourth-order valence-electron chi connectivity index (χ4n) is 2.85. The topological polar surface area (TPSA) is 24.7 Å². The molecule has 1 fully saturated rings. The lowest BCUT2D eigenvalue weighted by molar-refractivity contribution is 0.444. The molecule has 2 rings (SSSR count).